The third kappa shape index (κ3) is 5.01. The van der Waals surface area contributed by atoms with Crippen LogP contribution in [0.1, 0.15) is 0 Å². The summed E-state index contributed by atoms with van der Waals surface area (Å²) < 4.78 is 0. The van der Waals surface area contributed by atoms with Gasteiger partial charge in [0.1, 0.15) is 0 Å². The fourth-order valence-corrected chi connectivity index (χ4v) is 6.89. The number of nitrogens with zero attached hydrogens (tertiary/aromatic N) is 2. The Balaban J connectivity index is 1.20. The maximum absolute atomic E-state index is 5.37. The second-order valence-electron chi connectivity index (χ2n) is 12.2. The van der Waals surface area contributed by atoms with Gasteiger partial charge in [-0.15, -0.1) is 0 Å². The Kier molecular flexibility index (Phi) is 6.84. The van der Waals surface area contributed by atoms with E-state index in [1.807, 2.05) is 0 Å². The Hall–Kier alpha value is -6.38. The zero-order valence-corrected chi connectivity index (χ0v) is 26.2. The molecular weight excluding hydrogens is 581 g/mol. The molecule has 2 heteroatoms. The fraction of sp³-hybridized carbons (Fsp3) is 0. The lowest BCUT2D eigenvalue weighted by Gasteiger charge is -2.14. The van der Waals surface area contributed by atoms with E-state index >= 15 is 0 Å². The van der Waals surface area contributed by atoms with Crippen molar-refractivity contribution in [3.8, 4) is 56.0 Å². The first-order chi connectivity index (χ1) is 23.8. The second kappa shape index (κ2) is 11.8. The smallest absolute Gasteiger partial charge is 0.161 e. The maximum atomic E-state index is 5.37. The molecule has 0 atom stereocenters. The molecule has 2 nitrogen and oxygen atoms in total. The number of fused-ring (bicyclic) bond motifs is 4. The molecule has 0 amide bonds. The first-order valence-electron chi connectivity index (χ1n) is 16.3. The van der Waals surface area contributed by atoms with E-state index in [2.05, 4.69) is 182 Å². The Labute approximate surface area is 279 Å². The first-order valence-corrected chi connectivity index (χ1v) is 16.3. The molecule has 224 valence electrons. The Morgan fingerprint density at radius 2 is 0.792 bits per heavy atom. The van der Waals surface area contributed by atoms with Gasteiger partial charge in [0.15, 0.2) is 5.82 Å². The molecule has 0 N–H and O–H groups in total. The predicted molar refractivity (Wildman–Crippen MR) is 202 cm³/mol. The highest BCUT2D eigenvalue weighted by Gasteiger charge is 2.16. The van der Waals surface area contributed by atoms with Crippen LogP contribution in [0.5, 0.6) is 0 Å². The molecule has 0 bridgehead atoms. The molecule has 8 aromatic carbocycles. The quantitative estimate of drug-likeness (QED) is 0.181. The Morgan fingerprint density at radius 3 is 1.48 bits per heavy atom. The zero-order chi connectivity index (χ0) is 31.9. The second-order valence-corrected chi connectivity index (χ2v) is 12.2. The molecule has 9 rings (SSSR count). The van der Waals surface area contributed by atoms with Crippen LogP contribution in [0.3, 0.4) is 0 Å². The standard InChI is InChI=1S/C46H30N2/c1-2-12-31(13-3-1)34-17-8-18-35(28-34)36-19-9-20-37(29-36)38-21-10-22-39(30-38)45-44-41-24-7-5-15-33(41)26-27-43(44)47-46(48-45)42-25-11-16-32-14-4-6-23-40(32)42/h1-30H. The molecule has 0 saturated heterocycles. The van der Waals surface area contributed by atoms with Crippen molar-refractivity contribution in [1.29, 1.82) is 0 Å². The summed E-state index contributed by atoms with van der Waals surface area (Å²) in [4.78, 5) is 10.5. The number of hydrogen-bond donors (Lipinski definition) is 0. The molecule has 48 heavy (non-hydrogen) atoms. The average Bonchev–Trinajstić information content (AvgIpc) is 3.17. The van der Waals surface area contributed by atoms with E-state index in [1.54, 1.807) is 0 Å². The predicted octanol–water partition coefficient (Wildman–Crippen LogP) is 12.3. The monoisotopic (exact) mass is 610 g/mol. The van der Waals surface area contributed by atoms with Crippen molar-refractivity contribution in [1.82, 2.24) is 9.97 Å². The van der Waals surface area contributed by atoms with Gasteiger partial charge in [0.25, 0.3) is 0 Å². The van der Waals surface area contributed by atoms with Crippen molar-refractivity contribution in [2.24, 2.45) is 0 Å². The van der Waals surface area contributed by atoms with E-state index in [4.69, 9.17) is 9.97 Å². The summed E-state index contributed by atoms with van der Waals surface area (Å²) >= 11 is 0. The van der Waals surface area contributed by atoms with Crippen molar-refractivity contribution < 1.29 is 0 Å². The highest BCUT2D eigenvalue weighted by Crippen LogP contribution is 2.38. The van der Waals surface area contributed by atoms with Crippen LogP contribution < -0.4 is 0 Å². The van der Waals surface area contributed by atoms with Crippen LogP contribution in [0, 0.1) is 0 Å². The molecule has 0 fully saturated rings. The molecule has 0 aliphatic heterocycles. The molecular formula is C46H30N2. The van der Waals surface area contributed by atoms with Crippen LogP contribution in [0.25, 0.3) is 88.5 Å². The first kappa shape index (κ1) is 27.9. The number of benzene rings is 8. The summed E-state index contributed by atoms with van der Waals surface area (Å²) in [6.45, 7) is 0. The Bertz CT molecular complexity index is 2610. The molecule has 1 aromatic heterocycles. The normalized spacial score (nSPS) is 11.3. The third-order valence-corrected chi connectivity index (χ3v) is 9.25. The minimum Gasteiger partial charge on any atom is -0.228 e. The van der Waals surface area contributed by atoms with Crippen molar-refractivity contribution in [2.45, 2.75) is 0 Å². The van der Waals surface area contributed by atoms with Crippen LogP contribution in [0.4, 0.5) is 0 Å². The van der Waals surface area contributed by atoms with Gasteiger partial charge >= 0.3 is 0 Å². The summed E-state index contributed by atoms with van der Waals surface area (Å²) in [7, 11) is 0. The average molecular weight is 611 g/mol. The lowest BCUT2D eigenvalue weighted by molar-refractivity contribution is 1.24. The largest absolute Gasteiger partial charge is 0.228 e. The van der Waals surface area contributed by atoms with E-state index in [0.29, 0.717) is 0 Å². The van der Waals surface area contributed by atoms with Gasteiger partial charge in [-0.2, -0.15) is 0 Å². The van der Waals surface area contributed by atoms with E-state index in [-0.39, 0.29) is 0 Å². The summed E-state index contributed by atoms with van der Waals surface area (Å²) in [6, 6.07) is 64.6. The van der Waals surface area contributed by atoms with E-state index < -0.39 is 0 Å². The highest BCUT2D eigenvalue weighted by molar-refractivity contribution is 6.13. The van der Waals surface area contributed by atoms with Gasteiger partial charge in [-0.05, 0) is 79.2 Å². The van der Waals surface area contributed by atoms with E-state index in [0.717, 1.165) is 55.4 Å². The Morgan fingerprint density at radius 1 is 0.312 bits per heavy atom. The van der Waals surface area contributed by atoms with Crippen LogP contribution in [-0.4, -0.2) is 9.97 Å². The highest BCUT2D eigenvalue weighted by atomic mass is 14.9. The van der Waals surface area contributed by atoms with Crippen LogP contribution in [0.15, 0.2) is 182 Å². The van der Waals surface area contributed by atoms with Crippen LogP contribution in [-0.2, 0) is 0 Å². The SMILES string of the molecule is c1ccc(-c2cccc(-c3cccc(-c4cccc(-c5nc(-c6cccc7ccccc67)nc6ccc7ccccc7c56)c4)c3)c2)cc1. The van der Waals surface area contributed by atoms with Gasteiger partial charge < -0.3 is 0 Å². The summed E-state index contributed by atoms with van der Waals surface area (Å²) in [5.41, 5.74) is 11.1. The van der Waals surface area contributed by atoms with Gasteiger partial charge in [-0.3, -0.25) is 0 Å². The number of aromatic nitrogens is 2. The molecule has 0 aliphatic carbocycles. The van der Waals surface area contributed by atoms with Gasteiger partial charge in [0.2, 0.25) is 0 Å². The maximum Gasteiger partial charge on any atom is 0.161 e. The third-order valence-electron chi connectivity index (χ3n) is 9.25. The van der Waals surface area contributed by atoms with Crippen LogP contribution in [0.2, 0.25) is 0 Å². The van der Waals surface area contributed by atoms with Gasteiger partial charge in [0.05, 0.1) is 11.2 Å². The molecule has 0 radical (unpaired) electrons. The molecule has 0 unspecified atom stereocenters. The zero-order valence-electron chi connectivity index (χ0n) is 26.2. The van der Waals surface area contributed by atoms with Gasteiger partial charge in [-0.25, -0.2) is 9.97 Å². The summed E-state index contributed by atoms with van der Waals surface area (Å²) in [5, 5.41) is 5.72. The molecule has 0 aliphatic rings. The van der Waals surface area contributed by atoms with Crippen molar-refractivity contribution in [3.05, 3.63) is 182 Å². The summed E-state index contributed by atoms with van der Waals surface area (Å²) in [6.07, 6.45) is 0. The van der Waals surface area contributed by atoms with Gasteiger partial charge in [-0.1, -0.05) is 158 Å². The van der Waals surface area contributed by atoms with Gasteiger partial charge in [0, 0.05) is 16.5 Å². The van der Waals surface area contributed by atoms with E-state index in [1.165, 1.54) is 33.0 Å². The minimum absolute atomic E-state index is 0.732. The van der Waals surface area contributed by atoms with Crippen LogP contribution >= 0.6 is 0 Å². The minimum atomic E-state index is 0.732. The molecule has 0 saturated carbocycles. The van der Waals surface area contributed by atoms with Crippen molar-refractivity contribution >= 4 is 32.4 Å². The van der Waals surface area contributed by atoms with Crippen molar-refractivity contribution in [2.75, 3.05) is 0 Å². The van der Waals surface area contributed by atoms with E-state index in [9.17, 15) is 0 Å². The fourth-order valence-electron chi connectivity index (χ4n) is 6.89. The van der Waals surface area contributed by atoms with Crippen molar-refractivity contribution in [3.63, 3.8) is 0 Å². The molecule has 0 spiro atoms. The molecule has 9 aromatic rings. The lowest BCUT2D eigenvalue weighted by Crippen LogP contribution is -1.97. The summed E-state index contributed by atoms with van der Waals surface area (Å²) in [5.74, 6) is 0.732. The lowest BCUT2D eigenvalue weighted by atomic mass is 9.94. The number of hydrogen-bond acceptors (Lipinski definition) is 2. The topological polar surface area (TPSA) is 25.8 Å². The number of rotatable bonds is 5. The molecule has 1 heterocycles.